The van der Waals surface area contributed by atoms with Crippen LogP contribution < -0.4 is 15.2 Å². The van der Waals surface area contributed by atoms with E-state index in [2.05, 4.69) is 13.8 Å². The van der Waals surface area contributed by atoms with Crippen molar-refractivity contribution in [1.29, 1.82) is 0 Å². The van der Waals surface area contributed by atoms with E-state index in [0.717, 1.165) is 17.5 Å². The molecule has 0 aromatic heterocycles. The van der Waals surface area contributed by atoms with Gasteiger partial charge in [0.1, 0.15) is 6.61 Å². The number of aliphatic hydroxyl groups is 1. The molecule has 32 heavy (non-hydrogen) atoms. The number of nitrogens with two attached hydrogens (primary N) is 1. The third-order valence-corrected chi connectivity index (χ3v) is 5.99. The Kier molecular flexibility index (Phi) is 10.0. The number of methoxy groups -OCH3 is 1. The first-order valence-electron chi connectivity index (χ1n) is 11.2. The van der Waals surface area contributed by atoms with Gasteiger partial charge in [-0.3, -0.25) is 4.79 Å². The fourth-order valence-corrected chi connectivity index (χ4v) is 3.73. The van der Waals surface area contributed by atoms with E-state index in [1.165, 1.54) is 0 Å². The number of benzene rings is 2. The van der Waals surface area contributed by atoms with Gasteiger partial charge in [-0.1, -0.05) is 57.2 Å². The van der Waals surface area contributed by atoms with E-state index in [9.17, 15) is 9.90 Å². The van der Waals surface area contributed by atoms with Gasteiger partial charge in [-0.15, -0.1) is 0 Å². The summed E-state index contributed by atoms with van der Waals surface area (Å²) in [6.07, 6.45) is 0.694. The highest BCUT2D eigenvalue weighted by Crippen LogP contribution is 2.32. The first kappa shape index (κ1) is 25.7. The topological polar surface area (TPSA) is 102 Å². The molecule has 4 atom stereocenters. The molecule has 0 heterocycles. The van der Waals surface area contributed by atoms with E-state index < -0.39 is 24.0 Å². The van der Waals surface area contributed by atoms with E-state index in [4.69, 9.17) is 20.3 Å². The molecule has 0 aliphatic heterocycles. The number of hydrogen-bond acceptors (Lipinski definition) is 5. The Morgan fingerprint density at radius 1 is 1.00 bits per heavy atom. The zero-order valence-electron chi connectivity index (χ0n) is 19.5. The minimum Gasteiger partial charge on any atom is -0.493 e. The van der Waals surface area contributed by atoms with Crippen LogP contribution in [0.15, 0.2) is 48.5 Å². The summed E-state index contributed by atoms with van der Waals surface area (Å²) in [7, 11) is 1.62. The van der Waals surface area contributed by atoms with Gasteiger partial charge in [-0.05, 0) is 54.4 Å². The molecule has 2 rings (SSSR count). The Morgan fingerprint density at radius 3 is 2.28 bits per heavy atom. The Morgan fingerprint density at radius 2 is 1.69 bits per heavy atom. The van der Waals surface area contributed by atoms with Crippen molar-refractivity contribution in [2.45, 2.75) is 58.8 Å². The highest BCUT2D eigenvalue weighted by atomic mass is 16.5. The van der Waals surface area contributed by atoms with Crippen molar-refractivity contribution in [2.75, 3.05) is 7.11 Å². The van der Waals surface area contributed by atoms with Crippen LogP contribution in [0.3, 0.4) is 0 Å². The maximum Gasteiger partial charge on any atom is 0.306 e. The van der Waals surface area contributed by atoms with Crippen LogP contribution in [0, 0.1) is 17.8 Å². The van der Waals surface area contributed by atoms with Gasteiger partial charge in [0, 0.05) is 6.04 Å². The van der Waals surface area contributed by atoms with E-state index in [1.807, 2.05) is 48.5 Å². The lowest BCUT2D eigenvalue weighted by Gasteiger charge is -2.28. The average Bonchev–Trinajstić information content (AvgIpc) is 2.77. The SMILES string of the molecule is COc1ccc(C[C@@H](C[C@H](N)[C@@H](O)C[C@@H](C)C(=O)O)C(C)C)cc1OCc1ccccc1. The maximum absolute atomic E-state index is 11.1. The smallest absolute Gasteiger partial charge is 0.306 e. The summed E-state index contributed by atoms with van der Waals surface area (Å²) in [5.41, 5.74) is 8.44. The van der Waals surface area contributed by atoms with Gasteiger partial charge in [0.25, 0.3) is 0 Å². The van der Waals surface area contributed by atoms with Gasteiger partial charge in [0.2, 0.25) is 0 Å². The van der Waals surface area contributed by atoms with Crippen LogP contribution in [-0.4, -0.2) is 35.4 Å². The average molecular weight is 444 g/mol. The number of carboxylic acid groups (broad SMARTS) is 1. The molecular weight excluding hydrogens is 406 g/mol. The van der Waals surface area contributed by atoms with Crippen LogP contribution in [0.2, 0.25) is 0 Å². The second-order valence-electron chi connectivity index (χ2n) is 8.91. The molecule has 0 aliphatic carbocycles. The summed E-state index contributed by atoms with van der Waals surface area (Å²) < 4.78 is 11.5. The van der Waals surface area contributed by atoms with Crippen LogP contribution in [-0.2, 0) is 17.8 Å². The molecule has 0 saturated heterocycles. The summed E-state index contributed by atoms with van der Waals surface area (Å²) in [6, 6.07) is 15.4. The number of aliphatic hydroxyl groups excluding tert-OH is 1. The molecule has 0 aliphatic rings. The zero-order valence-corrected chi connectivity index (χ0v) is 19.5. The van der Waals surface area contributed by atoms with Gasteiger partial charge in [-0.25, -0.2) is 0 Å². The second kappa shape index (κ2) is 12.5. The van der Waals surface area contributed by atoms with Gasteiger partial charge in [-0.2, -0.15) is 0 Å². The fraction of sp³-hybridized carbons (Fsp3) is 0.500. The molecule has 0 fully saturated rings. The van der Waals surface area contributed by atoms with E-state index in [-0.39, 0.29) is 12.3 Å². The lowest BCUT2D eigenvalue weighted by atomic mass is 9.82. The highest BCUT2D eigenvalue weighted by molar-refractivity contribution is 5.69. The van der Waals surface area contributed by atoms with Crippen LogP contribution in [0.4, 0.5) is 0 Å². The summed E-state index contributed by atoms with van der Waals surface area (Å²) >= 11 is 0. The molecule has 2 aromatic carbocycles. The largest absolute Gasteiger partial charge is 0.493 e. The second-order valence-corrected chi connectivity index (χ2v) is 8.91. The number of carbonyl (C=O) groups is 1. The highest BCUT2D eigenvalue weighted by Gasteiger charge is 2.26. The van der Waals surface area contributed by atoms with Crippen molar-refractivity contribution >= 4 is 5.97 Å². The molecule has 6 nitrogen and oxygen atoms in total. The molecule has 176 valence electrons. The van der Waals surface area contributed by atoms with Crippen molar-refractivity contribution in [3.05, 3.63) is 59.7 Å². The maximum atomic E-state index is 11.1. The molecule has 0 radical (unpaired) electrons. The van der Waals surface area contributed by atoms with Gasteiger partial charge in [0.05, 0.1) is 19.1 Å². The number of carboxylic acids is 1. The molecule has 2 aromatic rings. The van der Waals surface area contributed by atoms with Crippen molar-refractivity contribution in [3.63, 3.8) is 0 Å². The number of rotatable bonds is 13. The minimum absolute atomic E-state index is 0.154. The van der Waals surface area contributed by atoms with E-state index in [1.54, 1.807) is 14.0 Å². The molecule has 6 heteroatoms. The lowest BCUT2D eigenvalue weighted by molar-refractivity contribution is -0.142. The minimum atomic E-state index is -0.919. The summed E-state index contributed by atoms with van der Waals surface area (Å²) in [5.74, 6) is 0.407. The Labute approximate surface area is 191 Å². The first-order valence-corrected chi connectivity index (χ1v) is 11.2. The molecular formula is C26H37NO5. The Hall–Kier alpha value is -2.57. The van der Waals surface area contributed by atoms with E-state index >= 15 is 0 Å². The molecule has 0 amide bonds. The summed E-state index contributed by atoms with van der Waals surface area (Å²) in [6.45, 7) is 6.32. The fourth-order valence-electron chi connectivity index (χ4n) is 3.73. The molecule has 0 bridgehead atoms. The van der Waals surface area contributed by atoms with Gasteiger partial charge in [0.15, 0.2) is 11.5 Å². The summed E-state index contributed by atoms with van der Waals surface area (Å²) in [5, 5.41) is 19.5. The Bertz CT molecular complexity index is 839. The quantitative estimate of drug-likeness (QED) is 0.427. The molecule has 0 spiro atoms. The predicted octanol–water partition coefficient (Wildman–Crippen LogP) is 4.28. The molecule has 0 unspecified atom stereocenters. The van der Waals surface area contributed by atoms with Gasteiger partial charge < -0.3 is 25.4 Å². The number of hydrogen-bond donors (Lipinski definition) is 3. The third kappa shape index (κ3) is 7.84. The van der Waals surface area contributed by atoms with Crippen LogP contribution in [0.25, 0.3) is 0 Å². The van der Waals surface area contributed by atoms with E-state index in [0.29, 0.717) is 30.4 Å². The standard InChI is InChI=1S/C26H37NO5/c1-17(2)21(15-22(27)23(28)12-18(3)26(29)30)13-20-10-11-24(31-4)25(14-20)32-16-19-8-6-5-7-9-19/h5-11,14,17-18,21-23,28H,12-13,15-16,27H2,1-4H3,(H,29,30)/t18-,21+,22+,23+/m1/s1. The predicted molar refractivity (Wildman–Crippen MR) is 126 cm³/mol. The van der Waals surface area contributed by atoms with Crippen molar-refractivity contribution in [3.8, 4) is 11.5 Å². The summed E-state index contributed by atoms with van der Waals surface area (Å²) in [4.78, 5) is 11.1. The first-order chi connectivity index (χ1) is 15.2. The Balaban J connectivity index is 2.07. The normalized spacial score (nSPS) is 15.1. The van der Waals surface area contributed by atoms with Crippen molar-refractivity contribution < 1.29 is 24.5 Å². The lowest BCUT2D eigenvalue weighted by Crippen LogP contribution is -2.39. The van der Waals surface area contributed by atoms with Crippen molar-refractivity contribution in [2.24, 2.45) is 23.5 Å². The zero-order chi connectivity index (χ0) is 23.7. The van der Waals surface area contributed by atoms with Crippen LogP contribution in [0.5, 0.6) is 11.5 Å². The third-order valence-electron chi connectivity index (χ3n) is 5.99. The number of aliphatic carboxylic acids is 1. The van der Waals surface area contributed by atoms with Crippen LogP contribution in [0.1, 0.15) is 44.7 Å². The monoisotopic (exact) mass is 443 g/mol. The van der Waals surface area contributed by atoms with Crippen LogP contribution >= 0.6 is 0 Å². The van der Waals surface area contributed by atoms with Crippen molar-refractivity contribution in [1.82, 2.24) is 0 Å². The molecule has 4 N–H and O–H groups in total. The molecule has 0 saturated carbocycles. The number of ether oxygens (including phenoxy) is 2. The van der Waals surface area contributed by atoms with Gasteiger partial charge >= 0.3 is 5.97 Å².